The second kappa shape index (κ2) is 8.30. The second-order valence-electron chi connectivity index (χ2n) is 7.00. The summed E-state index contributed by atoms with van der Waals surface area (Å²) < 4.78 is 2.21. The molecule has 0 aliphatic carbocycles. The third-order valence-corrected chi connectivity index (χ3v) is 5.27. The van der Waals surface area contributed by atoms with Crippen LogP contribution >= 0.6 is 0 Å². The predicted molar refractivity (Wildman–Crippen MR) is 95.3 cm³/mol. The minimum absolute atomic E-state index is 0.809. The number of likely N-dealkylation sites (tertiary alicyclic amines) is 1. The Bertz CT molecular complexity index is 550. The molecule has 1 aliphatic rings. The molecule has 0 spiro atoms. The fourth-order valence-electron chi connectivity index (χ4n) is 3.80. The molecule has 2 unspecified atom stereocenters. The van der Waals surface area contributed by atoms with Crippen LogP contribution in [0.15, 0.2) is 49.1 Å². The molecule has 23 heavy (non-hydrogen) atoms. The standard InChI is InChI=1S/C20H29N3/c1-18-16-22(12-5-8-19-6-3-2-4-7-19)13-9-20(18)10-14-23-15-11-21-17-23/h2-4,6-7,11,15,17-18,20H,5,8-10,12-14,16H2,1H3. The van der Waals surface area contributed by atoms with Crippen LogP contribution in [0.5, 0.6) is 0 Å². The third-order valence-electron chi connectivity index (χ3n) is 5.27. The molecule has 3 rings (SSSR count). The van der Waals surface area contributed by atoms with Crippen molar-refractivity contribution in [1.29, 1.82) is 0 Å². The van der Waals surface area contributed by atoms with Gasteiger partial charge in [0.15, 0.2) is 0 Å². The van der Waals surface area contributed by atoms with Gasteiger partial charge in [0.05, 0.1) is 6.33 Å². The molecule has 3 heteroatoms. The number of aryl methyl sites for hydroxylation is 2. The first-order chi connectivity index (χ1) is 11.3. The number of aromatic nitrogens is 2. The van der Waals surface area contributed by atoms with Gasteiger partial charge in [0.1, 0.15) is 0 Å². The van der Waals surface area contributed by atoms with Crippen molar-refractivity contribution in [3.05, 3.63) is 54.6 Å². The summed E-state index contributed by atoms with van der Waals surface area (Å²) in [5.41, 5.74) is 1.47. The van der Waals surface area contributed by atoms with E-state index >= 15 is 0 Å². The fraction of sp³-hybridized carbons (Fsp3) is 0.550. The van der Waals surface area contributed by atoms with Gasteiger partial charge in [-0.15, -0.1) is 0 Å². The number of benzene rings is 1. The molecule has 124 valence electrons. The number of piperidine rings is 1. The lowest BCUT2D eigenvalue weighted by molar-refractivity contribution is 0.120. The van der Waals surface area contributed by atoms with E-state index in [2.05, 4.69) is 57.9 Å². The van der Waals surface area contributed by atoms with E-state index in [0.717, 1.165) is 18.4 Å². The van der Waals surface area contributed by atoms with Crippen molar-refractivity contribution in [2.45, 2.75) is 39.2 Å². The van der Waals surface area contributed by atoms with E-state index < -0.39 is 0 Å². The quantitative estimate of drug-likeness (QED) is 0.774. The first kappa shape index (κ1) is 16.3. The number of hydrogen-bond acceptors (Lipinski definition) is 2. The highest BCUT2D eigenvalue weighted by Gasteiger charge is 2.25. The summed E-state index contributed by atoms with van der Waals surface area (Å²) >= 11 is 0. The van der Waals surface area contributed by atoms with Crippen LogP contribution in [-0.4, -0.2) is 34.1 Å². The van der Waals surface area contributed by atoms with Gasteiger partial charge in [-0.05, 0) is 56.2 Å². The van der Waals surface area contributed by atoms with Crippen molar-refractivity contribution in [1.82, 2.24) is 14.5 Å². The zero-order chi connectivity index (χ0) is 15.9. The molecule has 2 heterocycles. The smallest absolute Gasteiger partial charge is 0.0945 e. The molecule has 2 aromatic rings. The summed E-state index contributed by atoms with van der Waals surface area (Å²) in [5.74, 6) is 1.67. The van der Waals surface area contributed by atoms with Gasteiger partial charge in [0, 0.05) is 25.5 Å². The highest BCUT2D eigenvalue weighted by molar-refractivity contribution is 5.14. The van der Waals surface area contributed by atoms with E-state index in [4.69, 9.17) is 0 Å². The van der Waals surface area contributed by atoms with Crippen molar-refractivity contribution in [3.63, 3.8) is 0 Å². The number of imidazole rings is 1. The molecule has 0 radical (unpaired) electrons. The fourth-order valence-corrected chi connectivity index (χ4v) is 3.80. The largest absolute Gasteiger partial charge is 0.337 e. The maximum Gasteiger partial charge on any atom is 0.0945 e. The van der Waals surface area contributed by atoms with E-state index in [-0.39, 0.29) is 0 Å². The second-order valence-corrected chi connectivity index (χ2v) is 7.00. The summed E-state index contributed by atoms with van der Waals surface area (Å²) in [6.07, 6.45) is 11.0. The monoisotopic (exact) mass is 311 g/mol. The van der Waals surface area contributed by atoms with Gasteiger partial charge in [0.2, 0.25) is 0 Å². The lowest BCUT2D eigenvalue weighted by atomic mass is 9.84. The first-order valence-electron chi connectivity index (χ1n) is 9.03. The van der Waals surface area contributed by atoms with Crippen LogP contribution in [0.2, 0.25) is 0 Å². The van der Waals surface area contributed by atoms with Gasteiger partial charge < -0.3 is 9.47 Å². The van der Waals surface area contributed by atoms with Crippen molar-refractivity contribution >= 4 is 0 Å². The maximum atomic E-state index is 4.13. The molecule has 0 N–H and O–H groups in total. The van der Waals surface area contributed by atoms with E-state index in [9.17, 15) is 0 Å². The summed E-state index contributed by atoms with van der Waals surface area (Å²) in [4.78, 5) is 6.80. The molecule has 1 aromatic carbocycles. The highest BCUT2D eigenvalue weighted by atomic mass is 15.1. The van der Waals surface area contributed by atoms with Crippen LogP contribution in [0.1, 0.15) is 31.7 Å². The Morgan fingerprint density at radius 3 is 2.78 bits per heavy atom. The minimum Gasteiger partial charge on any atom is -0.337 e. The average Bonchev–Trinajstić information content (AvgIpc) is 3.08. The molecule has 3 nitrogen and oxygen atoms in total. The SMILES string of the molecule is CC1CN(CCCc2ccccc2)CCC1CCn1ccnc1. The highest BCUT2D eigenvalue weighted by Crippen LogP contribution is 2.26. The van der Waals surface area contributed by atoms with Gasteiger partial charge >= 0.3 is 0 Å². The maximum absolute atomic E-state index is 4.13. The van der Waals surface area contributed by atoms with Crippen molar-refractivity contribution in [3.8, 4) is 0 Å². The molecule has 0 bridgehead atoms. The molecule has 0 amide bonds. The van der Waals surface area contributed by atoms with Gasteiger partial charge in [0.25, 0.3) is 0 Å². The minimum atomic E-state index is 0.809. The topological polar surface area (TPSA) is 21.1 Å². The van der Waals surface area contributed by atoms with Gasteiger partial charge in [-0.2, -0.15) is 0 Å². The number of hydrogen-bond donors (Lipinski definition) is 0. The molecule has 1 aliphatic heterocycles. The average molecular weight is 311 g/mol. The number of rotatable bonds is 7. The number of nitrogens with zero attached hydrogens (tertiary/aromatic N) is 3. The third kappa shape index (κ3) is 4.93. The Kier molecular flexibility index (Phi) is 5.87. The van der Waals surface area contributed by atoms with Crippen molar-refractivity contribution in [2.75, 3.05) is 19.6 Å². The Balaban J connectivity index is 1.36. The zero-order valence-corrected chi connectivity index (χ0v) is 14.3. The molecule has 2 atom stereocenters. The van der Waals surface area contributed by atoms with Crippen LogP contribution in [-0.2, 0) is 13.0 Å². The van der Waals surface area contributed by atoms with E-state index in [1.165, 1.54) is 50.9 Å². The van der Waals surface area contributed by atoms with Gasteiger partial charge in [-0.1, -0.05) is 37.3 Å². The van der Waals surface area contributed by atoms with Gasteiger partial charge in [-0.3, -0.25) is 0 Å². The van der Waals surface area contributed by atoms with Crippen molar-refractivity contribution < 1.29 is 0 Å². The van der Waals surface area contributed by atoms with Gasteiger partial charge in [-0.25, -0.2) is 4.98 Å². The first-order valence-corrected chi connectivity index (χ1v) is 9.03. The Hall–Kier alpha value is -1.61. The Morgan fingerprint density at radius 1 is 1.17 bits per heavy atom. The van der Waals surface area contributed by atoms with Crippen LogP contribution in [0.25, 0.3) is 0 Å². The normalized spacial score (nSPS) is 22.3. The van der Waals surface area contributed by atoms with E-state index in [1.807, 2.05) is 12.5 Å². The molecule has 0 saturated carbocycles. The molecule has 1 saturated heterocycles. The predicted octanol–water partition coefficient (Wildman–Crippen LogP) is 3.86. The molecular formula is C20H29N3. The molecule has 1 fully saturated rings. The van der Waals surface area contributed by atoms with E-state index in [0.29, 0.717) is 0 Å². The van der Waals surface area contributed by atoms with Crippen LogP contribution < -0.4 is 0 Å². The lowest BCUT2D eigenvalue weighted by Gasteiger charge is -2.37. The Morgan fingerprint density at radius 2 is 2.04 bits per heavy atom. The Labute approximate surface area is 140 Å². The van der Waals surface area contributed by atoms with E-state index in [1.54, 1.807) is 0 Å². The summed E-state index contributed by atoms with van der Waals surface area (Å²) in [6.45, 7) is 7.33. The van der Waals surface area contributed by atoms with Crippen molar-refractivity contribution in [2.24, 2.45) is 11.8 Å². The molecule has 1 aromatic heterocycles. The van der Waals surface area contributed by atoms with Crippen LogP contribution in [0.3, 0.4) is 0 Å². The summed E-state index contributed by atoms with van der Waals surface area (Å²) in [7, 11) is 0. The zero-order valence-electron chi connectivity index (χ0n) is 14.3. The summed E-state index contributed by atoms with van der Waals surface area (Å²) in [6, 6.07) is 10.9. The summed E-state index contributed by atoms with van der Waals surface area (Å²) in [5, 5.41) is 0. The molecular weight excluding hydrogens is 282 g/mol. The lowest BCUT2D eigenvalue weighted by Crippen LogP contribution is -2.40. The van der Waals surface area contributed by atoms with Crippen LogP contribution in [0.4, 0.5) is 0 Å². The van der Waals surface area contributed by atoms with Crippen LogP contribution in [0, 0.1) is 11.8 Å².